The summed E-state index contributed by atoms with van der Waals surface area (Å²) in [5.41, 5.74) is 2.20. The molecule has 0 aliphatic heterocycles. The first-order chi connectivity index (χ1) is 11.7. The minimum absolute atomic E-state index is 0.0983. The Kier molecular flexibility index (Phi) is 4.96. The van der Waals surface area contributed by atoms with Crippen LogP contribution in [0.1, 0.15) is 10.4 Å². The summed E-state index contributed by atoms with van der Waals surface area (Å²) >= 11 is 3.47. The number of benzene rings is 3. The molecule has 0 spiro atoms. The van der Waals surface area contributed by atoms with Crippen LogP contribution in [0.3, 0.4) is 0 Å². The van der Waals surface area contributed by atoms with Gasteiger partial charge in [-0.05, 0) is 64.5 Å². The highest BCUT2D eigenvalue weighted by Gasteiger charge is 2.21. The molecule has 0 unspecified atom stereocenters. The van der Waals surface area contributed by atoms with E-state index in [1.807, 2.05) is 78.9 Å². The molecule has 3 nitrogen and oxygen atoms in total. The smallest absolute Gasteiger partial charge is 0.263 e. The van der Waals surface area contributed by atoms with Crippen molar-refractivity contribution in [2.75, 3.05) is 12.0 Å². The molecular formula is C20H16BrNO2. The summed E-state index contributed by atoms with van der Waals surface area (Å²) in [6, 6.07) is 24.5. The van der Waals surface area contributed by atoms with E-state index in [-0.39, 0.29) is 5.91 Å². The molecule has 0 saturated heterocycles. The molecule has 0 saturated carbocycles. The molecule has 3 aromatic rings. The van der Waals surface area contributed by atoms with Gasteiger partial charge >= 0.3 is 0 Å². The first kappa shape index (κ1) is 16.3. The monoisotopic (exact) mass is 381 g/mol. The number of methoxy groups -OCH3 is 1. The van der Waals surface area contributed by atoms with Gasteiger partial charge in [-0.1, -0.05) is 30.3 Å². The number of ether oxygens (including phenoxy) is 1. The Morgan fingerprint density at radius 2 is 1.42 bits per heavy atom. The number of rotatable bonds is 4. The summed E-state index contributed by atoms with van der Waals surface area (Å²) in [5.74, 6) is 0.652. The Labute approximate surface area is 149 Å². The lowest BCUT2D eigenvalue weighted by Gasteiger charge is -2.24. The Morgan fingerprint density at radius 1 is 0.833 bits per heavy atom. The number of hydrogen-bond acceptors (Lipinski definition) is 2. The van der Waals surface area contributed by atoms with Crippen molar-refractivity contribution in [2.24, 2.45) is 0 Å². The number of para-hydroxylation sites is 1. The van der Waals surface area contributed by atoms with E-state index in [1.54, 1.807) is 12.0 Å². The van der Waals surface area contributed by atoms with Gasteiger partial charge in [-0.2, -0.15) is 0 Å². The molecule has 0 radical (unpaired) electrons. The van der Waals surface area contributed by atoms with Crippen molar-refractivity contribution in [3.8, 4) is 5.75 Å². The molecule has 0 atom stereocenters. The van der Waals surface area contributed by atoms with E-state index >= 15 is 0 Å². The average Bonchev–Trinajstić information content (AvgIpc) is 2.64. The third kappa shape index (κ3) is 3.34. The minimum atomic E-state index is -0.0983. The van der Waals surface area contributed by atoms with Gasteiger partial charge in [0, 0.05) is 15.8 Å². The quantitative estimate of drug-likeness (QED) is 0.602. The number of carbonyl (C=O) groups excluding carboxylic acids is 1. The Balaban J connectivity index is 2.08. The molecule has 24 heavy (non-hydrogen) atoms. The molecule has 120 valence electrons. The maximum atomic E-state index is 13.2. The Bertz CT molecular complexity index is 832. The summed E-state index contributed by atoms with van der Waals surface area (Å²) in [5, 5.41) is 0. The van der Waals surface area contributed by atoms with Gasteiger partial charge in [-0.15, -0.1) is 0 Å². The minimum Gasteiger partial charge on any atom is -0.497 e. The van der Waals surface area contributed by atoms with Crippen LogP contribution in [-0.4, -0.2) is 13.0 Å². The van der Waals surface area contributed by atoms with Gasteiger partial charge < -0.3 is 4.74 Å². The van der Waals surface area contributed by atoms with Crippen LogP contribution in [0.25, 0.3) is 0 Å². The van der Waals surface area contributed by atoms with Crippen molar-refractivity contribution in [2.45, 2.75) is 0 Å². The van der Waals surface area contributed by atoms with Gasteiger partial charge in [0.25, 0.3) is 5.91 Å². The normalized spacial score (nSPS) is 10.2. The summed E-state index contributed by atoms with van der Waals surface area (Å²) in [7, 11) is 1.62. The van der Waals surface area contributed by atoms with Crippen LogP contribution in [0.5, 0.6) is 5.75 Å². The predicted octanol–water partition coefficient (Wildman–Crippen LogP) is 5.44. The summed E-state index contributed by atoms with van der Waals surface area (Å²) in [4.78, 5) is 14.9. The van der Waals surface area contributed by atoms with Gasteiger partial charge in [-0.3, -0.25) is 9.69 Å². The predicted molar refractivity (Wildman–Crippen MR) is 100 cm³/mol. The number of hydrogen-bond donors (Lipinski definition) is 0. The lowest BCUT2D eigenvalue weighted by atomic mass is 10.1. The average molecular weight is 382 g/mol. The molecule has 0 heterocycles. The Morgan fingerprint density at radius 3 is 2.04 bits per heavy atom. The van der Waals surface area contributed by atoms with Crippen molar-refractivity contribution < 1.29 is 9.53 Å². The molecule has 0 fully saturated rings. The number of carbonyl (C=O) groups is 1. The van der Waals surface area contributed by atoms with Crippen LogP contribution in [-0.2, 0) is 0 Å². The molecule has 4 heteroatoms. The number of anilines is 2. The highest BCUT2D eigenvalue weighted by molar-refractivity contribution is 9.10. The van der Waals surface area contributed by atoms with E-state index in [0.717, 1.165) is 21.6 Å². The third-order valence-corrected chi connectivity index (χ3v) is 4.34. The number of halogens is 1. The summed E-state index contributed by atoms with van der Waals surface area (Å²) < 4.78 is 5.98. The summed E-state index contributed by atoms with van der Waals surface area (Å²) in [6.07, 6.45) is 0. The van der Waals surface area contributed by atoms with Crippen molar-refractivity contribution in [1.29, 1.82) is 0 Å². The van der Waals surface area contributed by atoms with E-state index < -0.39 is 0 Å². The molecule has 0 aliphatic rings. The molecule has 3 aromatic carbocycles. The first-order valence-corrected chi connectivity index (χ1v) is 8.28. The van der Waals surface area contributed by atoms with Gasteiger partial charge in [-0.25, -0.2) is 0 Å². The fourth-order valence-corrected chi connectivity index (χ4v) is 2.90. The Hall–Kier alpha value is -2.59. The SMILES string of the molecule is COc1ccc(N(C(=O)c2ccccc2Br)c2ccccc2)cc1. The molecule has 3 rings (SSSR count). The second kappa shape index (κ2) is 7.32. The first-order valence-electron chi connectivity index (χ1n) is 7.49. The van der Waals surface area contributed by atoms with Crippen LogP contribution in [0, 0.1) is 0 Å². The zero-order valence-electron chi connectivity index (χ0n) is 13.1. The van der Waals surface area contributed by atoms with Gasteiger partial charge in [0.05, 0.1) is 12.7 Å². The lowest BCUT2D eigenvalue weighted by molar-refractivity contribution is 0.0998. The lowest BCUT2D eigenvalue weighted by Crippen LogP contribution is -2.26. The zero-order valence-corrected chi connectivity index (χ0v) is 14.7. The van der Waals surface area contributed by atoms with Crippen LogP contribution < -0.4 is 9.64 Å². The molecule has 1 amide bonds. The fourth-order valence-electron chi connectivity index (χ4n) is 2.45. The van der Waals surface area contributed by atoms with Gasteiger partial charge in [0.15, 0.2) is 0 Å². The van der Waals surface area contributed by atoms with Crippen molar-refractivity contribution >= 4 is 33.2 Å². The van der Waals surface area contributed by atoms with Crippen molar-refractivity contribution in [3.05, 3.63) is 88.9 Å². The maximum absolute atomic E-state index is 13.2. The second-order valence-electron chi connectivity index (χ2n) is 5.15. The zero-order chi connectivity index (χ0) is 16.9. The molecule has 0 aliphatic carbocycles. The maximum Gasteiger partial charge on any atom is 0.263 e. The van der Waals surface area contributed by atoms with Crippen LogP contribution >= 0.6 is 15.9 Å². The van der Waals surface area contributed by atoms with E-state index in [2.05, 4.69) is 15.9 Å². The second-order valence-corrected chi connectivity index (χ2v) is 6.01. The van der Waals surface area contributed by atoms with E-state index in [4.69, 9.17) is 4.74 Å². The molecule has 0 aromatic heterocycles. The van der Waals surface area contributed by atoms with Crippen molar-refractivity contribution in [1.82, 2.24) is 0 Å². The van der Waals surface area contributed by atoms with Crippen LogP contribution in [0.15, 0.2) is 83.3 Å². The highest BCUT2D eigenvalue weighted by atomic mass is 79.9. The van der Waals surface area contributed by atoms with Gasteiger partial charge in [0.1, 0.15) is 5.75 Å². The fraction of sp³-hybridized carbons (Fsp3) is 0.0500. The topological polar surface area (TPSA) is 29.5 Å². The molecule has 0 N–H and O–H groups in total. The third-order valence-electron chi connectivity index (χ3n) is 3.65. The summed E-state index contributed by atoms with van der Waals surface area (Å²) in [6.45, 7) is 0. The molecule has 0 bridgehead atoms. The van der Waals surface area contributed by atoms with Crippen molar-refractivity contribution in [3.63, 3.8) is 0 Å². The highest BCUT2D eigenvalue weighted by Crippen LogP contribution is 2.30. The van der Waals surface area contributed by atoms with E-state index in [9.17, 15) is 4.79 Å². The van der Waals surface area contributed by atoms with Crippen LogP contribution in [0.4, 0.5) is 11.4 Å². The van der Waals surface area contributed by atoms with E-state index in [0.29, 0.717) is 5.56 Å². The molecular weight excluding hydrogens is 366 g/mol. The van der Waals surface area contributed by atoms with E-state index in [1.165, 1.54) is 0 Å². The van der Waals surface area contributed by atoms with Gasteiger partial charge in [0.2, 0.25) is 0 Å². The number of amides is 1. The standard InChI is InChI=1S/C20H16BrNO2/c1-24-17-13-11-16(12-14-17)22(15-7-3-2-4-8-15)20(23)18-9-5-6-10-19(18)21/h2-14H,1H3. The van der Waals surface area contributed by atoms with Crippen LogP contribution in [0.2, 0.25) is 0 Å². The largest absolute Gasteiger partial charge is 0.497 e. The number of nitrogens with zero attached hydrogens (tertiary/aromatic N) is 1.